The lowest BCUT2D eigenvalue weighted by atomic mass is 9.98. The molecule has 0 aliphatic carbocycles. The molecular formula is C19H18Cl2N4O2. The van der Waals surface area contributed by atoms with Gasteiger partial charge >= 0.3 is 0 Å². The van der Waals surface area contributed by atoms with Crippen LogP contribution >= 0.6 is 23.2 Å². The first kappa shape index (κ1) is 18.2. The van der Waals surface area contributed by atoms with Crippen molar-refractivity contribution >= 4 is 35.3 Å². The summed E-state index contributed by atoms with van der Waals surface area (Å²) in [5, 5.41) is 3.98. The Morgan fingerprint density at radius 3 is 2.63 bits per heavy atom. The summed E-state index contributed by atoms with van der Waals surface area (Å²) >= 11 is 13.0. The van der Waals surface area contributed by atoms with Gasteiger partial charge in [0.2, 0.25) is 0 Å². The lowest BCUT2D eigenvalue weighted by Crippen LogP contribution is -2.46. The largest absolute Gasteiger partial charge is 0.336 e. The van der Waals surface area contributed by atoms with E-state index >= 15 is 0 Å². The van der Waals surface area contributed by atoms with Crippen LogP contribution in [-0.2, 0) is 13.6 Å². The van der Waals surface area contributed by atoms with Gasteiger partial charge < -0.3 is 14.8 Å². The summed E-state index contributed by atoms with van der Waals surface area (Å²) in [5.74, 6) is -0.123. The number of halogens is 2. The molecule has 1 aromatic heterocycles. The van der Waals surface area contributed by atoms with E-state index in [0.717, 1.165) is 24.2 Å². The molecular weight excluding hydrogens is 387 g/mol. The van der Waals surface area contributed by atoms with Crippen LogP contribution in [0.1, 0.15) is 21.5 Å². The number of aromatic nitrogens is 1. The molecule has 0 unspecified atom stereocenters. The number of amides is 1. The van der Waals surface area contributed by atoms with Crippen LogP contribution in [0.3, 0.4) is 0 Å². The lowest BCUT2D eigenvalue weighted by molar-refractivity contribution is 0.0736. The highest BCUT2D eigenvalue weighted by molar-refractivity contribution is 6.37. The number of carbonyl (C=O) groups is 1. The van der Waals surface area contributed by atoms with Gasteiger partial charge in [-0.25, -0.2) is 0 Å². The molecule has 8 heteroatoms. The summed E-state index contributed by atoms with van der Waals surface area (Å²) in [7, 11) is 1.70. The fraction of sp³-hybridized carbons (Fsp3) is 0.316. The van der Waals surface area contributed by atoms with Crippen molar-refractivity contribution in [2.75, 3.05) is 26.2 Å². The highest BCUT2D eigenvalue weighted by Crippen LogP contribution is 2.36. The Morgan fingerprint density at radius 1 is 1.15 bits per heavy atom. The molecule has 0 spiro atoms. The van der Waals surface area contributed by atoms with Crippen LogP contribution in [0, 0.1) is 0 Å². The summed E-state index contributed by atoms with van der Waals surface area (Å²) in [6.07, 6.45) is 3.42. The molecule has 140 valence electrons. The Labute approximate surface area is 166 Å². The molecule has 0 bridgehead atoms. The average molecular weight is 405 g/mol. The van der Waals surface area contributed by atoms with Gasteiger partial charge in [0.1, 0.15) is 0 Å². The number of rotatable bonds is 2. The van der Waals surface area contributed by atoms with Crippen molar-refractivity contribution in [3.63, 3.8) is 0 Å². The van der Waals surface area contributed by atoms with Gasteiger partial charge in [0.25, 0.3) is 11.5 Å². The molecule has 1 N–H and O–H groups in total. The van der Waals surface area contributed by atoms with Crippen LogP contribution in [0.2, 0.25) is 10.0 Å². The average Bonchev–Trinajstić information content (AvgIpc) is 3.16. The molecule has 2 aromatic rings. The van der Waals surface area contributed by atoms with Gasteiger partial charge in [-0.3, -0.25) is 14.6 Å². The van der Waals surface area contributed by atoms with Crippen LogP contribution in [0.25, 0.3) is 11.1 Å². The van der Waals surface area contributed by atoms with E-state index in [2.05, 4.69) is 10.3 Å². The quantitative estimate of drug-likeness (QED) is 0.834. The third-order valence-electron chi connectivity index (χ3n) is 4.97. The third-order valence-corrected chi connectivity index (χ3v) is 5.59. The van der Waals surface area contributed by atoms with Gasteiger partial charge in [0.15, 0.2) is 0 Å². The Bertz CT molecular complexity index is 1020. The first-order valence-electron chi connectivity index (χ1n) is 8.69. The normalized spacial score (nSPS) is 15.9. The zero-order valence-corrected chi connectivity index (χ0v) is 16.3. The molecule has 2 aliphatic rings. The second-order valence-corrected chi connectivity index (χ2v) is 7.49. The summed E-state index contributed by atoms with van der Waals surface area (Å²) in [4.78, 5) is 31.1. The number of carbonyl (C=O) groups excluding carboxylic acids is 1. The number of benzene rings is 1. The van der Waals surface area contributed by atoms with E-state index in [0.29, 0.717) is 46.4 Å². The maximum absolute atomic E-state index is 12.8. The van der Waals surface area contributed by atoms with Gasteiger partial charge in [-0.15, -0.1) is 0 Å². The number of piperazine rings is 1. The third kappa shape index (κ3) is 3.18. The van der Waals surface area contributed by atoms with Gasteiger partial charge in [0, 0.05) is 72.9 Å². The van der Waals surface area contributed by atoms with E-state index in [9.17, 15) is 9.59 Å². The molecule has 0 saturated carbocycles. The SMILES string of the molecule is Cn1cc(-c2cc(Cl)c(C(=O)N3CCNCC3)cc2Cl)c2c(c1=O)CN=C2. The molecule has 27 heavy (non-hydrogen) atoms. The maximum Gasteiger partial charge on any atom is 0.256 e. The van der Waals surface area contributed by atoms with Crippen molar-refractivity contribution in [3.05, 3.63) is 55.4 Å². The molecule has 1 aromatic carbocycles. The predicted octanol–water partition coefficient (Wildman–Crippen LogP) is 2.34. The highest BCUT2D eigenvalue weighted by Gasteiger charge is 2.24. The van der Waals surface area contributed by atoms with Gasteiger partial charge in [-0.2, -0.15) is 0 Å². The van der Waals surface area contributed by atoms with Crippen LogP contribution in [0.15, 0.2) is 28.1 Å². The first-order valence-corrected chi connectivity index (χ1v) is 9.44. The predicted molar refractivity (Wildman–Crippen MR) is 107 cm³/mol. The van der Waals surface area contributed by atoms with Crippen molar-refractivity contribution < 1.29 is 4.79 Å². The molecule has 1 amide bonds. The zero-order valence-electron chi connectivity index (χ0n) is 14.8. The molecule has 4 rings (SSSR count). The van der Waals surface area contributed by atoms with Crippen LogP contribution in [0.4, 0.5) is 0 Å². The number of pyridine rings is 1. The molecule has 2 aliphatic heterocycles. The Balaban J connectivity index is 1.79. The minimum atomic E-state index is -0.123. The van der Waals surface area contributed by atoms with Crippen molar-refractivity contribution in [3.8, 4) is 11.1 Å². The lowest BCUT2D eigenvalue weighted by Gasteiger charge is -2.28. The highest BCUT2D eigenvalue weighted by atomic mass is 35.5. The molecule has 0 atom stereocenters. The standard InChI is InChI=1S/C19H18Cl2N4O2/c1-24-10-15(13-8-23-9-14(13)18(24)26)11-6-17(21)12(7-16(11)20)19(27)25-4-2-22-3-5-25/h6-8,10,22H,2-5,9H2,1H3. The van der Waals surface area contributed by atoms with Crippen molar-refractivity contribution in [2.45, 2.75) is 6.54 Å². The minimum Gasteiger partial charge on any atom is -0.336 e. The van der Waals surface area contributed by atoms with Crippen LogP contribution in [0.5, 0.6) is 0 Å². The minimum absolute atomic E-state index is 0.0704. The van der Waals surface area contributed by atoms with E-state index in [1.165, 1.54) is 4.57 Å². The number of aliphatic imine (C=N–C) groups is 1. The fourth-order valence-corrected chi connectivity index (χ4v) is 4.02. The molecule has 6 nitrogen and oxygen atoms in total. The van der Waals surface area contributed by atoms with Crippen molar-refractivity contribution in [1.82, 2.24) is 14.8 Å². The number of nitrogens with one attached hydrogen (secondary N) is 1. The molecule has 0 radical (unpaired) electrons. The van der Waals surface area contributed by atoms with Crippen molar-refractivity contribution in [2.24, 2.45) is 12.0 Å². The van der Waals surface area contributed by atoms with Gasteiger partial charge in [-0.05, 0) is 12.1 Å². The van der Waals surface area contributed by atoms with E-state index in [4.69, 9.17) is 23.2 Å². The van der Waals surface area contributed by atoms with Crippen LogP contribution < -0.4 is 10.9 Å². The number of hydrogen-bond acceptors (Lipinski definition) is 4. The molecule has 1 fully saturated rings. The maximum atomic E-state index is 12.8. The molecule has 3 heterocycles. The number of hydrogen-bond donors (Lipinski definition) is 1. The van der Waals surface area contributed by atoms with E-state index < -0.39 is 0 Å². The summed E-state index contributed by atoms with van der Waals surface area (Å²) < 4.78 is 1.52. The van der Waals surface area contributed by atoms with Gasteiger partial charge in [0.05, 0.1) is 17.1 Å². The summed E-state index contributed by atoms with van der Waals surface area (Å²) in [6.45, 7) is 3.16. The van der Waals surface area contributed by atoms with Gasteiger partial charge in [-0.1, -0.05) is 23.2 Å². The zero-order chi connectivity index (χ0) is 19.1. The number of aryl methyl sites for hydroxylation is 1. The topological polar surface area (TPSA) is 66.7 Å². The molecule has 1 saturated heterocycles. The second-order valence-electron chi connectivity index (χ2n) is 6.67. The summed E-state index contributed by atoms with van der Waals surface area (Å²) in [6, 6.07) is 3.32. The first-order chi connectivity index (χ1) is 13.0. The Kier molecular flexibility index (Phi) is 4.80. The fourth-order valence-electron chi connectivity index (χ4n) is 3.51. The monoisotopic (exact) mass is 404 g/mol. The smallest absolute Gasteiger partial charge is 0.256 e. The van der Waals surface area contributed by atoms with E-state index in [1.54, 1.807) is 36.5 Å². The Morgan fingerprint density at radius 2 is 1.89 bits per heavy atom. The van der Waals surface area contributed by atoms with Crippen LogP contribution in [-0.4, -0.2) is 47.8 Å². The Hall–Kier alpha value is -2.15. The second kappa shape index (κ2) is 7.11. The van der Waals surface area contributed by atoms with Crippen molar-refractivity contribution in [1.29, 1.82) is 0 Å². The van der Waals surface area contributed by atoms with E-state index in [-0.39, 0.29) is 11.5 Å². The number of fused-ring (bicyclic) bond motifs is 1. The summed E-state index contributed by atoms with van der Waals surface area (Å²) in [5.41, 5.74) is 3.18. The van der Waals surface area contributed by atoms with E-state index in [1.807, 2.05) is 0 Å². The number of nitrogens with zero attached hydrogens (tertiary/aromatic N) is 3.